The fourth-order valence-electron chi connectivity index (χ4n) is 8.20. The van der Waals surface area contributed by atoms with Gasteiger partial charge in [0, 0.05) is 48.7 Å². The van der Waals surface area contributed by atoms with Gasteiger partial charge in [0.1, 0.15) is 0 Å². The Labute approximate surface area is 307 Å². The van der Waals surface area contributed by atoms with Gasteiger partial charge in [-0.25, -0.2) is 0 Å². The van der Waals surface area contributed by atoms with Crippen LogP contribution in [0.2, 0.25) is 39.3 Å². The zero-order valence-corrected chi connectivity index (χ0v) is 36.2. The standard InChI is InChI=1S/C38H74N4O6Si2/c1-25(2)31-21-29(41(43)44)22-32(26(3)4)37(31)39-35(17-15-19-47-49(9,10)11)36(18-16-20-48-50(12,13)14)40-38-33(27(5)6)23-30(42(45)46)24-34(38)28(7)8/h25-34,37-38H,15-24H2,1-14H3. The molecule has 0 saturated heterocycles. The Hall–Kier alpha value is -1.51. The molecule has 10 nitrogen and oxygen atoms in total. The lowest BCUT2D eigenvalue weighted by molar-refractivity contribution is -0.531. The first kappa shape index (κ1) is 44.7. The largest absolute Gasteiger partial charge is 0.418 e. The molecule has 0 heterocycles. The molecule has 2 saturated carbocycles. The quantitative estimate of drug-likeness (QED) is 0.0427. The van der Waals surface area contributed by atoms with E-state index in [4.69, 9.17) is 18.8 Å². The Morgan fingerprint density at radius 1 is 0.580 bits per heavy atom. The van der Waals surface area contributed by atoms with Crippen LogP contribution in [0.15, 0.2) is 9.98 Å². The second-order valence-corrected chi connectivity index (χ2v) is 27.7. The second-order valence-electron chi connectivity index (χ2n) is 18.7. The van der Waals surface area contributed by atoms with Gasteiger partial charge in [-0.15, -0.1) is 0 Å². The first-order valence-corrected chi connectivity index (χ1v) is 26.5. The lowest BCUT2D eigenvalue weighted by Crippen LogP contribution is -2.46. The minimum absolute atomic E-state index is 0.0328. The van der Waals surface area contributed by atoms with Crippen LogP contribution in [0.1, 0.15) is 107 Å². The third kappa shape index (κ3) is 14.1. The minimum Gasteiger partial charge on any atom is -0.418 e. The molecular formula is C38H74N4O6Si2. The van der Waals surface area contributed by atoms with Crippen molar-refractivity contribution in [3.05, 3.63) is 20.2 Å². The number of rotatable bonds is 19. The summed E-state index contributed by atoms with van der Waals surface area (Å²) in [6.45, 7) is 32.1. The summed E-state index contributed by atoms with van der Waals surface area (Å²) in [6.07, 6.45) is 5.27. The highest BCUT2D eigenvalue weighted by Gasteiger charge is 2.47. The molecule has 290 valence electrons. The molecule has 2 rings (SSSR count). The smallest absolute Gasteiger partial charge is 0.213 e. The van der Waals surface area contributed by atoms with Gasteiger partial charge in [-0.3, -0.25) is 30.2 Å². The van der Waals surface area contributed by atoms with E-state index in [0.717, 1.165) is 37.1 Å². The summed E-state index contributed by atoms with van der Waals surface area (Å²) >= 11 is 0. The van der Waals surface area contributed by atoms with Crippen LogP contribution < -0.4 is 0 Å². The molecule has 12 heteroatoms. The number of aliphatic imine (C=N–C) groups is 2. The van der Waals surface area contributed by atoms with E-state index < -0.39 is 28.7 Å². The topological polar surface area (TPSA) is 129 Å². The summed E-state index contributed by atoms with van der Waals surface area (Å²) in [5.74, 6) is 1.39. The van der Waals surface area contributed by atoms with Crippen LogP contribution in [0.3, 0.4) is 0 Å². The Kier molecular flexibility index (Phi) is 17.4. The number of nitro groups is 2. The van der Waals surface area contributed by atoms with Crippen molar-refractivity contribution >= 4 is 28.1 Å². The first-order valence-electron chi connectivity index (χ1n) is 19.7. The van der Waals surface area contributed by atoms with Gasteiger partial charge in [0.2, 0.25) is 12.1 Å². The number of hydrogen-bond acceptors (Lipinski definition) is 8. The summed E-state index contributed by atoms with van der Waals surface area (Å²) in [5, 5.41) is 24.3. The van der Waals surface area contributed by atoms with Gasteiger partial charge in [-0.2, -0.15) is 0 Å². The summed E-state index contributed by atoms with van der Waals surface area (Å²) < 4.78 is 12.6. The summed E-state index contributed by atoms with van der Waals surface area (Å²) in [7, 11) is -3.42. The van der Waals surface area contributed by atoms with Gasteiger partial charge in [0.05, 0.1) is 23.5 Å². The average Bonchev–Trinajstić information content (AvgIpc) is 2.98. The maximum atomic E-state index is 12.1. The van der Waals surface area contributed by atoms with Crippen LogP contribution in [0, 0.1) is 67.6 Å². The fourth-order valence-corrected chi connectivity index (χ4v) is 9.71. The Balaban J connectivity index is 2.79. The van der Waals surface area contributed by atoms with E-state index in [0.29, 0.717) is 38.9 Å². The van der Waals surface area contributed by atoms with E-state index in [1.54, 1.807) is 0 Å². The van der Waals surface area contributed by atoms with Crippen molar-refractivity contribution in [3.63, 3.8) is 0 Å². The lowest BCUT2D eigenvalue weighted by Gasteiger charge is -2.42. The highest BCUT2D eigenvalue weighted by Crippen LogP contribution is 2.43. The molecule has 4 atom stereocenters. The molecule has 2 fully saturated rings. The van der Waals surface area contributed by atoms with Crippen LogP contribution in [-0.4, -0.2) is 75.3 Å². The van der Waals surface area contributed by atoms with Crippen LogP contribution in [0.5, 0.6) is 0 Å². The van der Waals surface area contributed by atoms with Gasteiger partial charge in [0.15, 0.2) is 16.6 Å². The average molecular weight is 739 g/mol. The summed E-state index contributed by atoms with van der Waals surface area (Å²) in [4.78, 5) is 35.6. The molecular weight excluding hydrogens is 665 g/mol. The molecule has 0 spiro atoms. The molecule has 2 aliphatic rings. The van der Waals surface area contributed by atoms with E-state index in [9.17, 15) is 20.2 Å². The predicted octanol–water partition coefficient (Wildman–Crippen LogP) is 9.84. The van der Waals surface area contributed by atoms with Crippen LogP contribution in [0.4, 0.5) is 0 Å². The minimum atomic E-state index is -1.71. The zero-order chi connectivity index (χ0) is 38.1. The zero-order valence-electron chi connectivity index (χ0n) is 34.2. The molecule has 0 N–H and O–H groups in total. The maximum Gasteiger partial charge on any atom is 0.213 e. The van der Waals surface area contributed by atoms with Crippen molar-refractivity contribution in [2.45, 2.75) is 170 Å². The van der Waals surface area contributed by atoms with Crippen molar-refractivity contribution in [2.75, 3.05) is 13.2 Å². The molecule has 2 aliphatic carbocycles. The third-order valence-corrected chi connectivity index (χ3v) is 13.2. The van der Waals surface area contributed by atoms with E-state index >= 15 is 0 Å². The van der Waals surface area contributed by atoms with Crippen molar-refractivity contribution < 1.29 is 18.7 Å². The Morgan fingerprint density at radius 3 is 1.04 bits per heavy atom. The van der Waals surface area contributed by atoms with Gasteiger partial charge in [-0.1, -0.05) is 55.4 Å². The predicted molar refractivity (Wildman–Crippen MR) is 213 cm³/mol. The molecule has 0 aromatic carbocycles. The molecule has 0 amide bonds. The lowest BCUT2D eigenvalue weighted by atomic mass is 9.67. The monoisotopic (exact) mass is 739 g/mol. The summed E-state index contributed by atoms with van der Waals surface area (Å²) in [5.41, 5.74) is 2.03. The molecule has 0 bridgehead atoms. The number of hydrogen-bond donors (Lipinski definition) is 0. The highest BCUT2D eigenvalue weighted by atomic mass is 28.4. The van der Waals surface area contributed by atoms with Crippen molar-refractivity contribution in [3.8, 4) is 0 Å². The van der Waals surface area contributed by atoms with E-state index in [2.05, 4.69) is 94.7 Å². The Morgan fingerprint density at radius 2 is 0.840 bits per heavy atom. The van der Waals surface area contributed by atoms with Crippen LogP contribution in [-0.2, 0) is 8.85 Å². The van der Waals surface area contributed by atoms with Crippen LogP contribution >= 0.6 is 0 Å². The fraction of sp³-hybridized carbons (Fsp3) is 0.947. The van der Waals surface area contributed by atoms with Crippen molar-refractivity contribution in [1.82, 2.24) is 0 Å². The summed E-state index contributed by atoms with van der Waals surface area (Å²) in [6, 6.07) is -1.15. The van der Waals surface area contributed by atoms with E-state index in [1.165, 1.54) is 0 Å². The normalized spacial score (nSPS) is 29.0. The first-order chi connectivity index (χ1) is 23.0. The maximum absolute atomic E-state index is 12.1. The SMILES string of the molecule is CC(C)C1CC([N+](=O)[O-])CC(C(C)C)C1N=C(CCCO[Si](C)(C)C)C(CCCO[Si](C)(C)C)=NC1C(C(C)C)CC([N+](=O)[O-])CC1C(C)C. The third-order valence-electron chi connectivity index (χ3n) is 11.1. The molecule has 0 aliphatic heterocycles. The van der Waals surface area contributed by atoms with Gasteiger partial charge >= 0.3 is 0 Å². The van der Waals surface area contributed by atoms with E-state index in [1.807, 2.05) is 0 Å². The molecule has 0 aromatic rings. The van der Waals surface area contributed by atoms with E-state index in [-0.39, 0.29) is 69.3 Å². The van der Waals surface area contributed by atoms with Gasteiger partial charge < -0.3 is 8.85 Å². The molecule has 0 radical (unpaired) electrons. The second kappa shape index (κ2) is 19.5. The molecule has 0 aromatic heterocycles. The van der Waals surface area contributed by atoms with Crippen molar-refractivity contribution in [1.29, 1.82) is 0 Å². The number of nitrogens with zero attached hydrogens (tertiary/aromatic N) is 4. The van der Waals surface area contributed by atoms with Gasteiger partial charge in [0.25, 0.3) is 0 Å². The Bertz CT molecular complexity index is 1020. The van der Waals surface area contributed by atoms with Crippen molar-refractivity contribution in [2.24, 2.45) is 57.3 Å². The highest BCUT2D eigenvalue weighted by molar-refractivity contribution is 6.70. The van der Waals surface area contributed by atoms with Gasteiger partial charge in [-0.05, 0) is 112 Å². The molecule has 50 heavy (non-hydrogen) atoms. The van der Waals surface area contributed by atoms with Crippen LogP contribution in [0.25, 0.3) is 0 Å². The molecule has 4 unspecified atom stereocenters.